The third-order valence-electron chi connectivity index (χ3n) is 4.20. The maximum Gasteiger partial charge on any atom is 0.239 e. The maximum atomic E-state index is 12.9. The molecule has 1 heterocycles. The number of phenolic OH excluding ortho intramolecular Hbond substituents is 3. The summed E-state index contributed by atoms with van der Waals surface area (Å²) in [6.07, 6.45) is 0. The zero-order valence-corrected chi connectivity index (χ0v) is 15.5. The first kappa shape index (κ1) is 19.0. The SMILES string of the molecule is COc1cc2oc(-c3cc(O)c(OC)c(OC)c3)c(OC)c(=O)c2c(O)c1O. The van der Waals surface area contributed by atoms with Gasteiger partial charge in [0.05, 0.1) is 28.4 Å². The Bertz CT molecular complexity index is 1120. The van der Waals surface area contributed by atoms with E-state index in [1.54, 1.807) is 0 Å². The van der Waals surface area contributed by atoms with Crippen LogP contribution in [0.5, 0.6) is 40.2 Å². The summed E-state index contributed by atoms with van der Waals surface area (Å²) in [7, 11) is 5.30. The lowest BCUT2D eigenvalue weighted by Gasteiger charge is -2.14. The monoisotopic (exact) mass is 390 g/mol. The largest absolute Gasteiger partial charge is 0.504 e. The Morgan fingerprint density at radius 1 is 0.786 bits per heavy atom. The predicted molar refractivity (Wildman–Crippen MR) is 99.1 cm³/mol. The second-order valence-electron chi connectivity index (χ2n) is 5.67. The van der Waals surface area contributed by atoms with Gasteiger partial charge in [-0.15, -0.1) is 0 Å². The summed E-state index contributed by atoms with van der Waals surface area (Å²) in [6, 6.07) is 4.06. The third-order valence-corrected chi connectivity index (χ3v) is 4.20. The number of methoxy groups -OCH3 is 4. The Morgan fingerprint density at radius 2 is 1.43 bits per heavy atom. The number of ether oxygens (including phenoxy) is 4. The van der Waals surface area contributed by atoms with Crippen molar-refractivity contribution in [3.63, 3.8) is 0 Å². The first-order valence-electron chi connectivity index (χ1n) is 7.96. The smallest absolute Gasteiger partial charge is 0.239 e. The van der Waals surface area contributed by atoms with Crippen molar-refractivity contribution in [1.82, 2.24) is 0 Å². The molecule has 0 amide bonds. The van der Waals surface area contributed by atoms with Gasteiger partial charge in [0.25, 0.3) is 0 Å². The van der Waals surface area contributed by atoms with E-state index < -0.39 is 16.9 Å². The Balaban J connectivity index is 2.41. The number of hydrogen-bond acceptors (Lipinski definition) is 9. The highest BCUT2D eigenvalue weighted by molar-refractivity contribution is 5.91. The number of phenols is 3. The summed E-state index contributed by atoms with van der Waals surface area (Å²) in [5.74, 6) is -1.57. The van der Waals surface area contributed by atoms with Crippen LogP contribution in [-0.4, -0.2) is 43.8 Å². The van der Waals surface area contributed by atoms with Crippen molar-refractivity contribution < 1.29 is 38.7 Å². The lowest BCUT2D eigenvalue weighted by Crippen LogP contribution is -2.08. The van der Waals surface area contributed by atoms with Gasteiger partial charge in [-0.3, -0.25) is 4.79 Å². The van der Waals surface area contributed by atoms with Crippen LogP contribution in [0.3, 0.4) is 0 Å². The first-order valence-corrected chi connectivity index (χ1v) is 7.96. The van der Waals surface area contributed by atoms with Gasteiger partial charge in [0.1, 0.15) is 11.0 Å². The highest BCUT2D eigenvalue weighted by Gasteiger charge is 2.24. The second-order valence-corrected chi connectivity index (χ2v) is 5.67. The van der Waals surface area contributed by atoms with Gasteiger partial charge in [0, 0.05) is 11.6 Å². The summed E-state index contributed by atoms with van der Waals surface area (Å²) < 4.78 is 26.2. The number of fused-ring (bicyclic) bond motifs is 1. The minimum atomic E-state index is -0.719. The molecule has 0 radical (unpaired) electrons. The molecule has 0 spiro atoms. The van der Waals surface area contributed by atoms with Gasteiger partial charge in [0.15, 0.2) is 28.8 Å². The molecule has 0 atom stereocenters. The molecule has 1 aromatic heterocycles. The molecule has 0 saturated carbocycles. The Kier molecular flexibility index (Phi) is 4.83. The third kappa shape index (κ3) is 2.77. The van der Waals surface area contributed by atoms with Crippen LogP contribution in [0.1, 0.15) is 0 Å². The lowest BCUT2D eigenvalue weighted by atomic mass is 10.1. The molecule has 0 saturated heterocycles. The van der Waals surface area contributed by atoms with E-state index in [0.29, 0.717) is 0 Å². The van der Waals surface area contributed by atoms with Crippen LogP contribution in [-0.2, 0) is 0 Å². The standard InChI is InChI=1S/C19H18O9/c1-24-11-7-10-13(15(22)14(11)21)16(23)19(27-4)17(28-10)8-5-9(20)18(26-3)12(6-8)25-2/h5-7,20-22H,1-4H3. The van der Waals surface area contributed by atoms with Crippen LogP contribution >= 0.6 is 0 Å². The minimum Gasteiger partial charge on any atom is -0.504 e. The molecule has 3 N–H and O–H groups in total. The molecule has 3 aromatic rings. The Hall–Kier alpha value is -3.75. The van der Waals surface area contributed by atoms with Gasteiger partial charge in [-0.05, 0) is 12.1 Å². The molecule has 0 aliphatic heterocycles. The van der Waals surface area contributed by atoms with Gasteiger partial charge < -0.3 is 38.7 Å². The zero-order chi connectivity index (χ0) is 20.6. The van der Waals surface area contributed by atoms with Gasteiger partial charge in [0.2, 0.25) is 22.7 Å². The van der Waals surface area contributed by atoms with Crippen LogP contribution in [0.15, 0.2) is 27.4 Å². The van der Waals surface area contributed by atoms with Crippen LogP contribution in [0, 0.1) is 0 Å². The van der Waals surface area contributed by atoms with E-state index in [1.807, 2.05) is 0 Å². The highest BCUT2D eigenvalue weighted by atomic mass is 16.5. The van der Waals surface area contributed by atoms with Crippen LogP contribution < -0.4 is 24.4 Å². The molecule has 3 rings (SSSR count). The Labute approximate surface area is 158 Å². The van der Waals surface area contributed by atoms with Gasteiger partial charge >= 0.3 is 0 Å². The molecule has 2 aromatic carbocycles. The van der Waals surface area contributed by atoms with Crippen molar-refractivity contribution in [2.45, 2.75) is 0 Å². The highest BCUT2D eigenvalue weighted by Crippen LogP contribution is 2.45. The van der Waals surface area contributed by atoms with Crippen molar-refractivity contribution in [3.8, 4) is 51.6 Å². The molecule has 0 aliphatic carbocycles. The van der Waals surface area contributed by atoms with E-state index >= 15 is 0 Å². The van der Waals surface area contributed by atoms with Crippen molar-refractivity contribution in [3.05, 3.63) is 28.4 Å². The predicted octanol–water partition coefficient (Wildman–Crippen LogP) is 2.61. The van der Waals surface area contributed by atoms with Crippen LogP contribution in [0.4, 0.5) is 0 Å². The maximum absolute atomic E-state index is 12.9. The van der Waals surface area contributed by atoms with E-state index in [-0.39, 0.29) is 51.0 Å². The van der Waals surface area contributed by atoms with Crippen LogP contribution in [0.25, 0.3) is 22.3 Å². The van der Waals surface area contributed by atoms with Gasteiger partial charge in [-0.25, -0.2) is 0 Å². The summed E-state index contributed by atoms with van der Waals surface area (Å²) in [5.41, 5.74) is -0.511. The molecule has 0 aliphatic rings. The summed E-state index contributed by atoms with van der Waals surface area (Å²) in [5, 5.41) is 30.1. The molecule has 148 valence electrons. The number of rotatable bonds is 5. The summed E-state index contributed by atoms with van der Waals surface area (Å²) in [6.45, 7) is 0. The normalized spacial score (nSPS) is 10.7. The van der Waals surface area contributed by atoms with Crippen molar-refractivity contribution in [2.24, 2.45) is 0 Å². The lowest BCUT2D eigenvalue weighted by molar-refractivity contribution is 0.333. The zero-order valence-electron chi connectivity index (χ0n) is 15.5. The topological polar surface area (TPSA) is 128 Å². The Morgan fingerprint density at radius 3 is 2.00 bits per heavy atom. The van der Waals surface area contributed by atoms with E-state index in [2.05, 4.69) is 0 Å². The van der Waals surface area contributed by atoms with E-state index in [0.717, 1.165) is 0 Å². The van der Waals surface area contributed by atoms with Crippen molar-refractivity contribution >= 4 is 11.0 Å². The molecule has 0 bridgehead atoms. The molecule has 9 nitrogen and oxygen atoms in total. The van der Waals surface area contributed by atoms with Crippen molar-refractivity contribution in [1.29, 1.82) is 0 Å². The molecular weight excluding hydrogens is 372 g/mol. The quantitative estimate of drug-likeness (QED) is 0.563. The fraction of sp³-hybridized carbons (Fsp3) is 0.211. The molecule has 28 heavy (non-hydrogen) atoms. The van der Waals surface area contributed by atoms with Gasteiger partial charge in [-0.2, -0.15) is 0 Å². The van der Waals surface area contributed by atoms with Crippen LogP contribution in [0.2, 0.25) is 0 Å². The number of benzene rings is 2. The van der Waals surface area contributed by atoms with E-state index in [4.69, 9.17) is 23.4 Å². The molecular formula is C19H18O9. The number of hydrogen-bond donors (Lipinski definition) is 3. The average molecular weight is 390 g/mol. The summed E-state index contributed by atoms with van der Waals surface area (Å²) >= 11 is 0. The molecule has 0 fully saturated rings. The molecule has 9 heteroatoms. The fourth-order valence-electron chi connectivity index (χ4n) is 2.89. The average Bonchev–Trinajstić information content (AvgIpc) is 2.69. The first-order chi connectivity index (χ1) is 13.4. The minimum absolute atomic E-state index is 0.0246. The molecule has 0 unspecified atom stereocenters. The van der Waals surface area contributed by atoms with E-state index in [1.165, 1.54) is 46.6 Å². The van der Waals surface area contributed by atoms with E-state index in [9.17, 15) is 20.1 Å². The van der Waals surface area contributed by atoms with Crippen molar-refractivity contribution in [2.75, 3.05) is 28.4 Å². The fourth-order valence-corrected chi connectivity index (χ4v) is 2.89. The van der Waals surface area contributed by atoms with Gasteiger partial charge in [-0.1, -0.05) is 0 Å². The summed E-state index contributed by atoms with van der Waals surface area (Å²) in [4.78, 5) is 12.9. The second kappa shape index (κ2) is 7.10. The number of aromatic hydroxyl groups is 3.